The van der Waals surface area contributed by atoms with E-state index < -0.39 is 6.10 Å². The van der Waals surface area contributed by atoms with Crippen LogP contribution in [0.1, 0.15) is 25.0 Å². The van der Waals surface area contributed by atoms with Gasteiger partial charge < -0.3 is 15.6 Å². The van der Waals surface area contributed by atoms with Crippen molar-refractivity contribution in [3.8, 4) is 5.75 Å². The van der Waals surface area contributed by atoms with Gasteiger partial charge in [-0.15, -0.1) is 0 Å². The summed E-state index contributed by atoms with van der Waals surface area (Å²) in [6.07, 6.45) is -0.117. The highest BCUT2D eigenvalue weighted by atomic mass is 35.5. The van der Waals surface area contributed by atoms with Crippen LogP contribution >= 0.6 is 11.6 Å². The molecule has 0 aromatic heterocycles. The molecule has 0 heterocycles. The van der Waals surface area contributed by atoms with Gasteiger partial charge in [-0.25, -0.2) is 0 Å². The second-order valence-corrected chi connectivity index (χ2v) is 3.78. The molecule has 3 nitrogen and oxygen atoms in total. The lowest BCUT2D eigenvalue weighted by atomic mass is 10.00. The summed E-state index contributed by atoms with van der Waals surface area (Å²) in [6.45, 7) is 1.91. The zero-order chi connectivity index (χ0) is 11.4. The van der Waals surface area contributed by atoms with Crippen LogP contribution in [0.5, 0.6) is 5.75 Å². The van der Waals surface area contributed by atoms with Crippen LogP contribution in [0.15, 0.2) is 18.2 Å². The van der Waals surface area contributed by atoms with Gasteiger partial charge in [-0.1, -0.05) is 24.6 Å². The summed E-state index contributed by atoms with van der Waals surface area (Å²) in [4.78, 5) is 0. The van der Waals surface area contributed by atoms with Crippen molar-refractivity contribution in [1.82, 2.24) is 0 Å². The minimum atomic E-state index is -0.793. The Hall–Kier alpha value is -0.770. The van der Waals surface area contributed by atoms with E-state index in [1.54, 1.807) is 25.3 Å². The third-order valence-corrected chi connectivity index (χ3v) is 2.74. The Kier molecular flexibility index (Phi) is 4.39. The first kappa shape index (κ1) is 12.3. The van der Waals surface area contributed by atoms with Gasteiger partial charge >= 0.3 is 0 Å². The van der Waals surface area contributed by atoms with Gasteiger partial charge in [0, 0.05) is 11.6 Å². The Balaban J connectivity index is 3.10. The van der Waals surface area contributed by atoms with Crippen LogP contribution in [0.3, 0.4) is 0 Å². The molecule has 1 rings (SSSR count). The first-order chi connectivity index (χ1) is 7.11. The first-order valence-electron chi connectivity index (χ1n) is 4.87. The van der Waals surface area contributed by atoms with Gasteiger partial charge in [0.1, 0.15) is 5.75 Å². The second kappa shape index (κ2) is 5.35. The number of benzene rings is 1. The fourth-order valence-electron chi connectivity index (χ4n) is 1.42. The van der Waals surface area contributed by atoms with E-state index in [1.807, 2.05) is 6.92 Å². The maximum atomic E-state index is 9.99. The monoisotopic (exact) mass is 229 g/mol. The van der Waals surface area contributed by atoms with Crippen molar-refractivity contribution in [3.63, 3.8) is 0 Å². The summed E-state index contributed by atoms with van der Waals surface area (Å²) in [5.74, 6) is 0.568. The molecule has 1 aromatic rings. The van der Waals surface area contributed by atoms with Crippen molar-refractivity contribution < 1.29 is 9.84 Å². The van der Waals surface area contributed by atoms with Gasteiger partial charge in [0.05, 0.1) is 18.2 Å². The predicted molar refractivity (Wildman–Crippen MR) is 61.2 cm³/mol. The minimum Gasteiger partial charge on any atom is -0.496 e. The van der Waals surface area contributed by atoms with Crippen molar-refractivity contribution in [3.05, 3.63) is 28.8 Å². The number of rotatable bonds is 4. The Labute approximate surface area is 94.8 Å². The van der Waals surface area contributed by atoms with Crippen molar-refractivity contribution in [2.45, 2.75) is 25.5 Å². The van der Waals surface area contributed by atoms with E-state index >= 15 is 0 Å². The number of hydrogen-bond donors (Lipinski definition) is 2. The molecule has 0 aliphatic heterocycles. The first-order valence-corrected chi connectivity index (χ1v) is 5.25. The highest BCUT2D eigenvalue weighted by Crippen LogP contribution is 2.33. The van der Waals surface area contributed by atoms with Gasteiger partial charge in [-0.05, 0) is 18.6 Å². The number of methoxy groups -OCH3 is 1. The highest BCUT2D eigenvalue weighted by Gasteiger charge is 2.21. The average Bonchev–Trinajstić information content (AvgIpc) is 2.26. The summed E-state index contributed by atoms with van der Waals surface area (Å²) in [5.41, 5.74) is 6.34. The normalized spacial score (nSPS) is 14.7. The van der Waals surface area contributed by atoms with Crippen LogP contribution in [0.4, 0.5) is 0 Å². The fraction of sp³-hybridized carbons (Fsp3) is 0.455. The van der Waals surface area contributed by atoms with E-state index in [0.29, 0.717) is 22.8 Å². The van der Waals surface area contributed by atoms with E-state index in [4.69, 9.17) is 22.1 Å². The zero-order valence-electron chi connectivity index (χ0n) is 8.90. The van der Waals surface area contributed by atoms with E-state index in [-0.39, 0.29) is 6.04 Å². The molecule has 3 N–H and O–H groups in total. The van der Waals surface area contributed by atoms with E-state index in [0.717, 1.165) is 0 Å². The molecule has 0 spiro atoms. The lowest BCUT2D eigenvalue weighted by molar-refractivity contribution is 0.141. The van der Waals surface area contributed by atoms with Crippen LogP contribution in [-0.2, 0) is 0 Å². The molecule has 2 atom stereocenters. The SMILES string of the molecule is CCC(N)C(O)c1c(Cl)cccc1OC. The molecular formula is C11H16ClNO2. The number of hydrogen-bond acceptors (Lipinski definition) is 3. The molecule has 2 unspecified atom stereocenters. The smallest absolute Gasteiger partial charge is 0.126 e. The molecule has 0 bridgehead atoms. The largest absolute Gasteiger partial charge is 0.496 e. The summed E-state index contributed by atoms with van der Waals surface area (Å²) in [6, 6.07) is 4.91. The standard InChI is InChI=1S/C11H16ClNO2/c1-3-8(13)11(14)10-7(12)5-4-6-9(10)15-2/h4-6,8,11,14H,3,13H2,1-2H3. The third-order valence-electron chi connectivity index (χ3n) is 2.41. The minimum absolute atomic E-state index is 0.334. The predicted octanol–water partition coefficient (Wildman–Crippen LogP) is 2.12. The molecule has 1 aromatic carbocycles. The Morgan fingerprint density at radius 1 is 1.53 bits per heavy atom. The molecule has 0 fully saturated rings. The van der Waals surface area contributed by atoms with Gasteiger partial charge in [-0.3, -0.25) is 0 Å². The van der Waals surface area contributed by atoms with Crippen LogP contribution in [0, 0.1) is 0 Å². The van der Waals surface area contributed by atoms with E-state index in [1.165, 1.54) is 0 Å². The molecule has 4 heteroatoms. The van der Waals surface area contributed by atoms with Crippen molar-refractivity contribution >= 4 is 11.6 Å². The van der Waals surface area contributed by atoms with Gasteiger partial charge in [-0.2, -0.15) is 0 Å². The maximum absolute atomic E-state index is 9.99. The lowest BCUT2D eigenvalue weighted by Gasteiger charge is -2.20. The van der Waals surface area contributed by atoms with Crippen LogP contribution in [-0.4, -0.2) is 18.3 Å². The maximum Gasteiger partial charge on any atom is 0.126 e. The lowest BCUT2D eigenvalue weighted by Crippen LogP contribution is -2.27. The highest BCUT2D eigenvalue weighted by molar-refractivity contribution is 6.31. The third kappa shape index (κ3) is 2.62. The van der Waals surface area contributed by atoms with Crippen molar-refractivity contribution in [2.24, 2.45) is 5.73 Å². The van der Waals surface area contributed by atoms with Crippen LogP contribution in [0.2, 0.25) is 5.02 Å². The van der Waals surface area contributed by atoms with Crippen molar-refractivity contribution in [1.29, 1.82) is 0 Å². The fourth-order valence-corrected chi connectivity index (χ4v) is 1.70. The van der Waals surface area contributed by atoms with Crippen LogP contribution in [0.25, 0.3) is 0 Å². The number of halogens is 1. The number of aliphatic hydroxyl groups excluding tert-OH is 1. The summed E-state index contributed by atoms with van der Waals surface area (Å²) in [5, 5.41) is 10.5. The quantitative estimate of drug-likeness (QED) is 0.832. The summed E-state index contributed by atoms with van der Waals surface area (Å²) >= 11 is 6.01. The Morgan fingerprint density at radius 3 is 2.73 bits per heavy atom. The average molecular weight is 230 g/mol. The Bertz CT molecular complexity index is 330. The molecule has 0 aliphatic carbocycles. The summed E-state index contributed by atoms with van der Waals surface area (Å²) in [7, 11) is 1.54. The molecule has 0 saturated heterocycles. The topological polar surface area (TPSA) is 55.5 Å². The molecule has 0 saturated carbocycles. The van der Waals surface area contributed by atoms with E-state index in [9.17, 15) is 5.11 Å². The number of aliphatic hydroxyl groups is 1. The van der Waals surface area contributed by atoms with Gasteiger partial charge in [0.2, 0.25) is 0 Å². The molecular weight excluding hydrogens is 214 g/mol. The van der Waals surface area contributed by atoms with Crippen molar-refractivity contribution in [2.75, 3.05) is 7.11 Å². The Morgan fingerprint density at radius 2 is 2.20 bits per heavy atom. The molecule has 84 valence electrons. The molecule has 0 radical (unpaired) electrons. The second-order valence-electron chi connectivity index (χ2n) is 3.37. The van der Waals surface area contributed by atoms with Gasteiger partial charge in [0.25, 0.3) is 0 Å². The molecule has 0 amide bonds. The van der Waals surface area contributed by atoms with Gasteiger partial charge in [0.15, 0.2) is 0 Å². The molecule has 0 aliphatic rings. The van der Waals surface area contributed by atoms with E-state index in [2.05, 4.69) is 0 Å². The number of nitrogens with two attached hydrogens (primary N) is 1. The molecule has 15 heavy (non-hydrogen) atoms. The summed E-state index contributed by atoms with van der Waals surface area (Å²) < 4.78 is 5.14. The van der Waals surface area contributed by atoms with Crippen LogP contribution < -0.4 is 10.5 Å². The number of ether oxygens (including phenoxy) is 1. The zero-order valence-corrected chi connectivity index (χ0v) is 9.66.